The van der Waals surface area contributed by atoms with Crippen LogP contribution in [0.4, 0.5) is 0 Å². The van der Waals surface area contributed by atoms with Gasteiger partial charge < -0.3 is 54.8 Å². The molecule has 0 bridgehead atoms. The molecule has 0 aliphatic heterocycles. The number of unbranched alkanes of at least 4 members (excludes halogenated alkanes) is 11. The van der Waals surface area contributed by atoms with Gasteiger partial charge in [0.25, 0.3) is 0 Å². The lowest BCUT2D eigenvalue weighted by molar-refractivity contribution is -0.216. The van der Waals surface area contributed by atoms with Crippen molar-refractivity contribution in [1.29, 1.82) is 0 Å². The van der Waals surface area contributed by atoms with E-state index < -0.39 is 95.7 Å². The van der Waals surface area contributed by atoms with E-state index in [0.717, 1.165) is 70.6 Å². The molecule has 0 aromatic heterocycles. The fraction of sp³-hybridized carbons (Fsp3) is 0.745. The minimum atomic E-state index is -5.40. The molecule has 0 spiro atoms. The number of carbonyl (C=O) groups is 2. The minimum Gasteiger partial charge on any atom is -0.462 e. The van der Waals surface area contributed by atoms with Crippen LogP contribution in [0.3, 0.4) is 0 Å². The zero-order valence-electron chi connectivity index (χ0n) is 39.5. The Kier molecular flexibility index (Phi) is 35.0. The lowest BCUT2D eigenvalue weighted by Crippen LogP contribution is -2.64. The van der Waals surface area contributed by atoms with Gasteiger partial charge in [0, 0.05) is 12.8 Å². The highest BCUT2D eigenvalue weighted by Gasteiger charge is 2.54. The van der Waals surface area contributed by atoms with Crippen molar-refractivity contribution in [3.05, 3.63) is 60.8 Å². The normalized spacial score (nSPS) is 22.9. The first kappa shape index (κ1) is 62.6. The van der Waals surface area contributed by atoms with Gasteiger partial charge in [-0.25, -0.2) is 9.13 Å². The maximum Gasteiger partial charge on any atom is 0.472 e. The molecule has 1 aliphatic rings. The van der Waals surface area contributed by atoms with E-state index in [1.54, 1.807) is 6.08 Å². The number of hydrogen-bond donors (Lipinski definition) is 9. The Hall–Kier alpha value is -2.38. The van der Waals surface area contributed by atoms with Crippen LogP contribution in [0.15, 0.2) is 60.8 Å². The van der Waals surface area contributed by atoms with Crippen LogP contribution in [0.25, 0.3) is 0 Å². The number of allylic oxidation sites excluding steroid dienone is 9. The summed E-state index contributed by atoms with van der Waals surface area (Å²) in [6.45, 7) is 2.72. The van der Waals surface area contributed by atoms with Crippen molar-refractivity contribution in [3.8, 4) is 0 Å². The molecule has 67 heavy (non-hydrogen) atoms. The summed E-state index contributed by atoms with van der Waals surface area (Å²) in [5.41, 5.74) is 0. The summed E-state index contributed by atoms with van der Waals surface area (Å²) in [6.07, 6.45) is 20.5. The number of hydrogen-bond acceptors (Lipinski definition) is 15. The van der Waals surface area contributed by atoms with Crippen molar-refractivity contribution >= 4 is 27.6 Å². The highest BCUT2D eigenvalue weighted by molar-refractivity contribution is 7.47. The fourth-order valence-corrected chi connectivity index (χ4v) is 8.47. The summed E-state index contributed by atoms with van der Waals surface area (Å²) in [7, 11) is -10.8. The second-order valence-electron chi connectivity index (χ2n) is 16.8. The Labute approximate surface area is 397 Å². The fourth-order valence-electron chi connectivity index (χ4n) is 6.93. The molecule has 0 aromatic rings. The van der Waals surface area contributed by atoms with Crippen LogP contribution in [-0.2, 0) is 41.8 Å². The van der Waals surface area contributed by atoms with Crippen molar-refractivity contribution in [2.75, 3.05) is 13.2 Å². The third kappa shape index (κ3) is 31.5. The van der Waals surface area contributed by atoms with E-state index in [9.17, 15) is 64.0 Å². The number of phosphoric acid groups is 2. The average molecular weight is 997 g/mol. The third-order valence-corrected chi connectivity index (χ3v) is 12.3. The Balaban J connectivity index is 2.70. The van der Waals surface area contributed by atoms with E-state index in [1.807, 2.05) is 18.2 Å². The van der Waals surface area contributed by atoms with Gasteiger partial charge in [-0.1, -0.05) is 126 Å². The molecule has 18 nitrogen and oxygen atoms in total. The second-order valence-corrected chi connectivity index (χ2v) is 19.3. The van der Waals surface area contributed by atoms with Gasteiger partial charge in [0.1, 0.15) is 43.2 Å². The van der Waals surface area contributed by atoms with E-state index in [-0.39, 0.29) is 32.1 Å². The van der Waals surface area contributed by atoms with Crippen LogP contribution in [0.5, 0.6) is 0 Å². The molecule has 1 fully saturated rings. The van der Waals surface area contributed by atoms with E-state index in [1.165, 1.54) is 25.7 Å². The van der Waals surface area contributed by atoms with Gasteiger partial charge in [0.2, 0.25) is 0 Å². The maximum atomic E-state index is 13.0. The van der Waals surface area contributed by atoms with Crippen molar-refractivity contribution < 1.29 is 87.1 Å². The highest BCUT2D eigenvalue weighted by atomic mass is 31.2. The summed E-state index contributed by atoms with van der Waals surface area (Å²) >= 11 is 0. The summed E-state index contributed by atoms with van der Waals surface area (Å²) < 4.78 is 49.2. The summed E-state index contributed by atoms with van der Waals surface area (Å²) in [5, 5.41) is 62.0. The monoisotopic (exact) mass is 996 g/mol. The van der Waals surface area contributed by atoms with Crippen molar-refractivity contribution in [3.63, 3.8) is 0 Å². The Bertz CT molecular complexity index is 1560. The van der Waals surface area contributed by atoms with Crippen molar-refractivity contribution in [2.24, 2.45) is 0 Å². The first-order valence-corrected chi connectivity index (χ1v) is 27.0. The van der Waals surface area contributed by atoms with Crippen molar-refractivity contribution in [1.82, 2.24) is 0 Å². The molecule has 20 heteroatoms. The summed E-state index contributed by atoms with van der Waals surface area (Å²) in [4.78, 5) is 54.3. The first-order chi connectivity index (χ1) is 31.9. The molecule has 10 atom stereocenters. The molecule has 5 unspecified atom stereocenters. The van der Waals surface area contributed by atoms with E-state index in [4.69, 9.17) is 18.5 Å². The van der Waals surface area contributed by atoms with Gasteiger partial charge in [-0.2, -0.15) is 0 Å². The number of ether oxygens (including phenoxy) is 2. The molecule has 0 radical (unpaired) electrons. The smallest absolute Gasteiger partial charge is 0.462 e. The second kappa shape index (κ2) is 37.4. The molecule has 0 heterocycles. The molecule has 0 aromatic carbocycles. The van der Waals surface area contributed by atoms with Crippen LogP contribution in [0, 0.1) is 0 Å². The van der Waals surface area contributed by atoms with Gasteiger partial charge in [-0.3, -0.25) is 23.2 Å². The summed E-state index contributed by atoms with van der Waals surface area (Å²) in [5.74, 6) is -1.50. The lowest BCUT2D eigenvalue weighted by Gasteiger charge is -2.43. The molecule has 1 aliphatic carbocycles. The number of aliphatic hydroxyl groups excluding tert-OH is 6. The zero-order chi connectivity index (χ0) is 49.9. The Morgan fingerprint density at radius 3 is 1.63 bits per heavy atom. The Morgan fingerprint density at radius 2 is 1.06 bits per heavy atom. The third-order valence-electron chi connectivity index (χ3n) is 10.8. The molecule has 1 saturated carbocycles. The predicted molar refractivity (Wildman–Crippen MR) is 253 cm³/mol. The molecule has 0 saturated heterocycles. The molecule has 388 valence electrons. The average Bonchev–Trinajstić information content (AvgIpc) is 3.28. The number of esters is 2. The molecule has 0 amide bonds. The van der Waals surface area contributed by atoms with Gasteiger partial charge in [-0.15, -0.1) is 0 Å². The summed E-state index contributed by atoms with van der Waals surface area (Å²) in [6, 6.07) is 0. The minimum absolute atomic E-state index is 0.0243. The quantitative estimate of drug-likeness (QED) is 0.0130. The number of phosphoric ester groups is 2. The zero-order valence-corrected chi connectivity index (χ0v) is 41.3. The van der Waals surface area contributed by atoms with Gasteiger partial charge in [-0.05, 0) is 77.0 Å². The van der Waals surface area contributed by atoms with E-state index in [0.29, 0.717) is 12.8 Å². The van der Waals surface area contributed by atoms with Crippen LogP contribution in [0.2, 0.25) is 0 Å². The largest absolute Gasteiger partial charge is 0.472 e. The molecule has 9 N–H and O–H groups in total. The van der Waals surface area contributed by atoms with E-state index >= 15 is 0 Å². The van der Waals surface area contributed by atoms with Gasteiger partial charge >= 0.3 is 27.6 Å². The van der Waals surface area contributed by atoms with Crippen LogP contribution < -0.4 is 0 Å². The van der Waals surface area contributed by atoms with Crippen LogP contribution in [-0.4, -0.2) is 125 Å². The Morgan fingerprint density at radius 1 is 0.552 bits per heavy atom. The number of aliphatic hydroxyl groups is 6. The van der Waals surface area contributed by atoms with Gasteiger partial charge in [0.15, 0.2) is 6.10 Å². The lowest BCUT2D eigenvalue weighted by atomic mass is 9.85. The first-order valence-electron chi connectivity index (χ1n) is 24.0. The maximum absolute atomic E-state index is 13.0. The van der Waals surface area contributed by atoms with Crippen LogP contribution >= 0.6 is 15.6 Å². The van der Waals surface area contributed by atoms with Crippen molar-refractivity contribution in [2.45, 2.75) is 210 Å². The van der Waals surface area contributed by atoms with E-state index in [2.05, 4.69) is 54.8 Å². The molecular weight excluding hydrogens is 914 g/mol. The topological polar surface area (TPSA) is 296 Å². The van der Waals surface area contributed by atoms with Gasteiger partial charge in [0.05, 0.1) is 18.8 Å². The predicted octanol–water partition coefficient (Wildman–Crippen LogP) is 7.00. The SMILES string of the molecule is CC/C=C\C/C=C\C/C=C\C/C=C\C[C@H](O)[C@@H](O)CCCC(=O)OC[C@H](COP(=O)(O)O[C@H]1C(O)C(O)C(O)[C@@H](OP(=O)(O)O)C1O)OC(=O)CCCCCCCCC/C=C\CCCCCC. The number of rotatable bonds is 39. The standard InChI is InChI=1S/C47H82O18P2/c1-3-5-7-9-11-13-15-17-18-19-21-23-25-27-29-33-41(51)63-37(36-62-67(59,60)65-47-44(54)42(52)43(53)46(45(47)55)64-66(56,57)58)35-61-40(50)34-30-32-39(49)38(48)31-28-26-24-22-20-16-14-12-10-8-6-4-2/h6,8,12-15,20,22,26,28,37-39,42-49,52-55H,3-5,7,9-11,16-19,21,23-25,27,29-36H2,1-2H3,(H,59,60)(H2,56,57,58)/b8-6-,14-12-,15-13-,22-20-,28-26-/t37-,38+,39+,42?,43?,44?,45?,46-,47+/m1/s1. The number of carbonyl (C=O) groups excluding carboxylic acids is 2. The highest BCUT2D eigenvalue weighted by Crippen LogP contribution is 2.49. The molecular formula is C47H82O18P2. The van der Waals surface area contributed by atoms with Crippen LogP contribution in [0.1, 0.15) is 155 Å². The molecule has 1 rings (SSSR count).